The van der Waals surface area contributed by atoms with Crippen molar-refractivity contribution in [3.8, 4) is 0 Å². The van der Waals surface area contributed by atoms with E-state index >= 15 is 0 Å². The summed E-state index contributed by atoms with van der Waals surface area (Å²) in [4.78, 5) is 23.3. The molecule has 55 heavy (non-hydrogen) atoms. The maximum Gasteiger partial charge on any atom is 0.472 e. The fourth-order valence-electron chi connectivity index (χ4n) is 7.49. The molecule has 11 nitrogen and oxygen atoms in total. The summed E-state index contributed by atoms with van der Waals surface area (Å²) in [6.45, 7) is 4.60. The van der Waals surface area contributed by atoms with E-state index in [1.54, 1.807) is 6.08 Å². The van der Waals surface area contributed by atoms with Crippen molar-refractivity contribution in [2.75, 3.05) is 40.9 Å². The lowest BCUT2D eigenvalue weighted by molar-refractivity contribution is -0.870. The standard InChI is InChI=1S/C43H85N2O9P/c1-6-8-10-11-12-13-14-15-16-17-18-19-24-28-40(47)39(35-54-55(51,52)53-33-32-45(3,4)5)44-43(50)29-25-21-20-23-27-37-38(42(49)34-41(37)48)31-30-36(46)26-22-9-7-2/h30-31,36-42,46-49H,6-29,32-35H2,1-5H3,(H-,44,50,51,52)/p+1/b31-30+/t36-,37+,38+,39-,40+,41-,42+/m0/s1. The van der Waals surface area contributed by atoms with E-state index in [1.165, 1.54) is 64.2 Å². The third-order valence-corrected chi connectivity index (χ3v) is 12.1. The molecule has 1 rings (SSSR count). The monoisotopic (exact) mass is 806 g/mol. The van der Waals surface area contributed by atoms with Crippen LogP contribution in [0.3, 0.4) is 0 Å². The van der Waals surface area contributed by atoms with Gasteiger partial charge in [0.15, 0.2) is 0 Å². The van der Waals surface area contributed by atoms with Gasteiger partial charge in [-0.15, -0.1) is 0 Å². The summed E-state index contributed by atoms with van der Waals surface area (Å²) < 4.78 is 23.6. The second kappa shape index (κ2) is 31.1. The largest absolute Gasteiger partial charge is 0.472 e. The van der Waals surface area contributed by atoms with Gasteiger partial charge in [0.25, 0.3) is 0 Å². The fourth-order valence-corrected chi connectivity index (χ4v) is 8.23. The highest BCUT2D eigenvalue weighted by Crippen LogP contribution is 2.43. The topological polar surface area (TPSA) is 166 Å². The number of quaternary nitrogens is 1. The molecule has 1 aliphatic carbocycles. The van der Waals surface area contributed by atoms with Crippen molar-refractivity contribution < 1.29 is 48.2 Å². The van der Waals surface area contributed by atoms with Crippen LogP contribution >= 0.6 is 7.82 Å². The average molecular weight is 806 g/mol. The van der Waals surface area contributed by atoms with E-state index < -0.39 is 38.3 Å². The van der Waals surface area contributed by atoms with Gasteiger partial charge < -0.3 is 35.1 Å². The van der Waals surface area contributed by atoms with Crippen LogP contribution in [0.15, 0.2) is 12.2 Å². The molecule has 0 heterocycles. The van der Waals surface area contributed by atoms with Gasteiger partial charge in [0.1, 0.15) is 13.2 Å². The van der Waals surface area contributed by atoms with Crippen LogP contribution in [0.2, 0.25) is 0 Å². The van der Waals surface area contributed by atoms with Crippen molar-refractivity contribution in [1.82, 2.24) is 5.32 Å². The van der Waals surface area contributed by atoms with E-state index in [-0.39, 0.29) is 37.4 Å². The normalized spacial score (nSPS) is 21.9. The van der Waals surface area contributed by atoms with Gasteiger partial charge in [-0.1, -0.05) is 148 Å². The number of nitrogens with one attached hydrogen (secondary N) is 1. The molecular formula is C43H86N2O9P+. The van der Waals surface area contributed by atoms with Crippen molar-refractivity contribution in [3.63, 3.8) is 0 Å². The zero-order valence-electron chi connectivity index (χ0n) is 35.8. The fraction of sp³-hybridized carbons (Fsp3) is 0.930. The molecule has 6 N–H and O–H groups in total. The Labute approximate surface area is 336 Å². The second-order valence-electron chi connectivity index (χ2n) is 17.4. The first-order chi connectivity index (χ1) is 26.2. The molecule has 0 aromatic carbocycles. The van der Waals surface area contributed by atoms with Gasteiger partial charge in [-0.3, -0.25) is 13.8 Å². The number of hydrogen-bond acceptors (Lipinski definition) is 8. The Kier molecular flexibility index (Phi) is 29.5. The van der Waals surface area contributed by atoms with E-state index in [9.17, 15) is 34.7 Å². The van der Waals surface area contributed by atoms with E-state index in [0.29, 0.717) is 36.7 Å². The Bertz CT molecular complexity index is 1030. The molecule has 1 aliphatic rings. The summed E-state index contributed by atoms with van der Waals surface area (Å²) in [5.74, 6) is -0.480. The first-order valence-corrected chi connectivity index (χ1v) is 23.8. The van der Waals surface area contributed by atoms with Gasteiger partial charge in [0.2, 0.25) is 5.91 Å². The van der Waals surface area contributed by atoms with Gasteiger partial charge in [-0.05, 0) is 31.6 Å². The molecule has 0 radical (unpaired) electrons. The zero-order valence-corrected chi connectivity index (χ0v) is 36.7. The van der Waals surface area contributed by atoms with Crippen molar-refractivity contribution in [2.45, 2.75) is 205 Å². The molecule has 0 aromatic heterocycles. The molecule has 0 spiro atoms. The summed E-state index contributed by atoms with van der Waals surface area (Å²) in [7, 11) is 1.49. The number of hydrogen-bond donors (Lipinski definition) is 6. The molecule has 8 atom stereocenters. The van der Waals surface area contributed by atoms with Crippen molar-refractivity contribution in [2.24, 2.45) is 11.8 Å². The number of rotatable bonds is 36. The van der Waals surface area contributed by atoms with E-state index in [4.69, 9.17) is 9.05 Å². The SMILES string of the molecule is CCCCCCCCCCCCCCC[C@@H](O)[C@H](COP(=O)(O)OCC[N+](C)(C)C)NC(=O)CCCCCC[C@@H]1[C@@H](/C=C/[C@@H](O)CCCCC)[C@H](O)C[C@@H]1O. The van der Waals surface area contributed by atoms with Gasteiger partial charge in [0, 0.05) is 18.8 Å². The number of aliphatic hydroxyl groups excluding tert-OH is 4. The number of amides is 1. The molecule has 0 bridgehead atoms. The summed E-state index contributed by atoms with van der Waals surface area (Å²) in [6.07, 6.45) is 25.7. The van der Waals surface area contributed by atoms with Crippen LogP contribution in [0.5, 0.6) is 0 Å². The van der Waals surface area contributed by atoms with Crippen LogP contribution in [0, 0.1) is 11.8 Å². The summed E-state index contributed by atoms with van der Waals surface area (Å²) in [5.41, 5.74) is 0. The molecule has 1 saturated carbocycles. The Hall–Kier alpha value is -0.880. The molecule has 0 aliphatic heterocycles. The maximum atomic E-state index is 13.0. The Morgan fingerprint density at radius 3 is 1.89 bits per heavy atom. The number of unbranched alkanes of at least 4 members (excludes halogenated alkanes) is 17. The number of nitrogens with zero attached hydrogens (tertiary/aromatic N) is 1. The van der Waals surface area contributed by atoms with Crippen molar-refractivity contribution in [1.29, 1.82) is 0 Å². The number of carbonyl (C=O) groups is 1. The maximum absolute atomic E-state index is 13.0. The van der Waals surface area contributed by atoms with Gasteiger partial charge in [-0.25, -0.2) is 4.57 Å². The van der Waals surface area contributed by atoms with Crippen LogP contribution in [0.4, 0.5) is 0 Å². The van der Waals surface area contributed by atoms with E-state index in [0.717, 1.165) is 64.2 Å². The quantitative estimate of drug-likeness (QED) is 0.0158. The lowest BCUT2D eigenvalue weighted by atomic mass is 9.88. The first kappa shape index (κ1) is 52.1. The number of likely N-dealkylation sites (N-methyl/N-ethyl adjacent to an activating group) is 1. The Morgan fingerprint density at radius 2 is 1.29 bits per heavy atom. The lowest BCUT2D eigenvalue weighted by Gasteiger charge is -2.26. The number of phosphoric ester groups is 1. The van der Waals surface area contributed by atoms with Crippen LogP contribution in [0.25, 0.3) is 0 Å². The minimum Gasteiger partial charge on any atom is -0.393 e. The van der Waals surface area contributed by atoms with Crippen LogP contribution in [-0.2, 0) is 18.4 Å². The molecule has 326 valence electrons. The minimum atomic E-state index is -4.37. The molecule has 1 fully saturated rings. The van der Waals surface area contributed by atoms with Crippen LogP contribution in [-0.4, -0.2) is 107 Å². The first-order valence-electron chi connectivity index (χ1n) is 22.3. The van der Waals surface area contributed by atoms with Gasteiger partial charge in [0.05, 0.1) is 58.2 Å². The highest BCUT2D eigenvalue weighted by Gasteiger charge is 2.39. The second-order valence-corrected chi connectivity index (χ2v) is 18.9. The van der Waals surface area contributed by atoms with Crippen LogP contribution < -0.4 is 5.32 Å². The molecular weight excluding hydrogens is 719 g/mol. The van der Waals surface area contributed by atoms with Gasteiger partial charge >= 0.3 is 7.82 Å². The molecule has 0 saturated heterocycles. The van der Waals surface area contributed by atoms with Gasteiger partial charge in [-0.2, -0.15) is 0 Å². The van der Waals surface area contributed by atoms with E-state index in [2.05, 4.69) is 19.2 Å². The summed E-state index contributed by atoms with van der Waals surface area (Å²) >= 11 is 0. The van der Waals surface area contributed by atoms with E-state index in [1.807, 2.05) is 27.2 Å². The lowest BCUT2D eigenvalue weighted by Crippen LogP contribution is -2.46. The third-order valence-electron chi connectivity index (χ3n) is 11.1. The molecule has 1 unspecified atom stereocenters. The number of carbonyl (C=O) groups excluding carboxylic acids is 1. The minimum absolute atomic E-state index is 0.0374. The van der Waals surface area contributed by atoms with Crippen molar-refractivity contribution in [3.05, 3.63) is 12.2 Å². The average Bonchev–Trinajstić information content (AvgIpc) is 3.39. The highest BCUT2D eigenvalue weighted by atomic mass is 31.2. The van der Waals surface area contributed by atoms with Crippen LogP contribution in [0.1, 0.15) is 174 Å². The Balaban J connectivity index is 2.51. The predicted molar refractivity (Wildman–Crippen MR) is 223 cm³/mol. The number of phosphoric acid groups is 1. The summed E-state index contributed by atoms with van der Waals surface area (Å²) in [6, 6.07) is -0.835. The molecule has 0 aromatic rings. The van der Waals surface area contributed by atoms with Crippen molar-refractivity contribution >= 4 is 13.7 Å². The Morgan fingerprint density at radius 1 is 0.764 bits per heavy atom. The summed E-state index contributed by atoms with van der Waals surface area (Å²) in [5, 5.41) is 45.4. The molecule has 12 heteroatoms. The highest BCUT2D eigenvalue weighted by molar-refractivity contribution is 7.47. The molecule has 1 amide bonds. The zero-order chi connectivity index (χ0) is 41.0. The smallest absolute Gasteiger partial charge is 0.393 e. The predicted octanol–water partition coefficient (Wildman–Crippen LogP) is 8.35. The third kappa shape index (κ3) is 27.4. The number of aliphatic hydroxyl groups is 4.